The number of rotatable bonds is 0. The van der Waals surface area contributed by atoms with Crippen molar-refractivity contribution in [1.82, 2.24) is 4.98 Å². The standard InChI is InChI=1S/C22H14.C8H7N/c1-2-8-16-14-22-20-12-6-4-10-18(20)17-9-3-5-11-19(17)21(22)13-15(16)7-1;1-2-4-8-7(3-1)5-6-9-8/h1-14H;1-6,9H. The molecule has 1 nitrogen and oxygen atoms in total. The van der Waals surface area contributed by atoms with Crippen LogP contribution in [0.4, 0.5) is 0 Å². The summed E-state index contributed by atoms with van der Waals surface area (Å²) in [6, 6.07) is 41.0. The number of para-hydroxylation sites is 1. The van der Waals surface area contributed by atoms with E-state index in [4.69, 9.17) is 0 Å². The molecule has 1 N–H and O–H groups in total. The van der Waals surface area contributed by atoms with Gasteiger partial charge in [0.1, 0.15) is 0 Å². The van der Waals surface area contributed by atoms with E-state index in [2.05, 4.69) is 108 Å². The molecule has 7 rings (SSSR count). The van der Waals surface area contributed by atoms with Crippen molar-refractivity contribution in [2.75, 3.05) is 0 Å². The van der Waals surface area contributed by atoms with E-state index < -0.39 is 0 Å². The molecule has 0 radical (unpaired) electrons. The monoisotopic (exact) mass is 395 g/mol. The number of nitrogens with one attached hydrogen (secondary N) is 1. The lowest BCUT2D eigenvalue weighted by atomic mass is 9.92. The third-order valence-electron chi connectivity index (χ3n) is 6.07. The van der Waals surface area contributed by atoms with Crippen LogP contribution in [0.25, 0.3) is 54.0 Å². The van der Waals surface area contributed by atoms with Crippen LogP contribution in [0.2, 0.25) is 0 Å². The predicted octanol–water partition coefficient (Wildman–Crippen LogP) is 8.47. The van der Waals surface area contributed by atoms with Gasteiger partial charge in [0, 0.05) is 11.7 Å². The van der Waals surface area contributed by atoms with Gasteiger partial charge >= 0.3 is 0 Å². The first-order chi connectivity index (χ1) is 15.4. The Labute approximate surface area is 180 Å². The first-order valence-electron chi connectivity index (χ1n) is 10.6. The highest BCUT2D eigenvalue weighted by molar-refractivity contribution is 6.27. The quantitative estimate of drug-likeness (QED) is 0.196. The molecule has 0 amide bonds. The molecule has 0 spiro atoms. The lowest BCUT2D eigenvalue weighted by Crippen LogP contribution is -1.83. The summed E-state index contributed by atoms with van der Waals surface area (Å²) in [4.78, 5) is 3.12. The second-order valence-corrected chi connectivity index (χ2v) is 7.90. The van der Waals surface area contributed by atoms with Crippen molar-refractivity contribution in [2.24, 2.45) is 0 Å². The average Bonchev–Trinajstić information content (AvgIpc) is 3.33. The molecular weight excluding hydrogens is 374 g/mol. The van der Waals surface area contributed by atoms with E-state index in [-0.39, 0.29) is 0 Å². The topological polar surface area (TPSA) is 15.8 Å². The smallest absolute Gasteiger partial charge is 0.0453 e. The molecule has 1 heteroatoms. The van der Waals surface area contributed by atoms with Crippen molar-refractivity contribution in [3.05, 3.63) is 121 Å². The zero-order valence-electron chi connectivity index (χ0n) is 17.0. The van der Waals surface area contributed by atoms with Crippen molar-refractivity contribution < 1.29 is 0 Å². The zero-order valence-corrected chi connectivity index (χ0v) is 17.0. The molecule has 146 valence electrons. The highest BCUT2D eigenvalue weighted by Crippen LogP contribution is 2.36. The van der Waals surface area contributed by atoms with Crippen LogP contribution in [0, 0.1) is 0 Å². The molecule has 6 aromatic carbocycles. The van der Waals surface area contributed by atoms with Gasteiger partial charge in [-0.05, 0) is 72.7 Å². The maximum Gasteiger partial charge on any atom is 0.0453 e. The number of aromatic amines is 1. The van der Waals surface area contributed by atoms with E-state index in [0.29, 0.717) is 0 Å². The Morgan fingerprint density at radius 2 is 0.774 bits per heavy atom. The van der Waals surface area contributed by atoms with Crippen molar-refractivity contribution in [2.45, 2.75) is 0 Å². The van der Waals surface area contributed by atoms with Crippen LogP contribution >= 0.6 is 0 Å². The Morgan fingerprint density at radius 1 is 0.355 bits per heavy atom. The maximum absolute atomic E-state index is 3.12. The van der Waals surface area contributed by atoms with Gasteiger partial charge in [-0.25, -0.2) is 0 Å². The Bertz CT molecular complexity index is 1560. The molecule has 0 saturated carbocycles. The number of H-pyrrole nitrogens is 1. The van der Waals surface area contributed by atoms with E-state index in [9.17, 15) is 0 Å². The molecule has 0 aliphatic heterocycles. The van der Waals surface area contributed by atoms with Crippen LogP contribution in [0.15, 0.2) is 121 Å². The van der Waals surface area contributed by atoms with Crippen molar-refractivity contribution in [3.63, 3.8) is 0 Å². The number of hydrogen-bond donors (Lipinski definition) is 1. The lowest BCUT2D eigenvalue weighted by Gasteiger charge is -2.11. The average molecular weight is 396 g/mol. The maximum atomic E-state index is 3.12. The highest BCUT2D eigenvalue weighted by atomic mass is 14.7. The lowest BCUT2D eigenvalue weighted by molar-refractivity contribution is 1.48. The fourth-order valence-corrected chi connectivity index (χ4v) is 4.59. The van der Waals surface area contributed by atoms with Crippen molar-refractivity contribution in [3.8, 4) is 0 Å². The van der Waals surface area contributed by atoms with Gasteiger partial charge in [0.05, 0.1) is 0 Å². The summed E-state index contributed by atoms with van der Waals surface area (Å²) >= 11 is 0. The number of hydrogen-bond acceptors (Lipinski definition) is 0. The van der Waals surface area contributed by atoms with Gasteiger partial charge in [0.2, 0.25) is 0 Å². The van der Waals surface area contributed by atoms with Crippen LogP contribution in [-0.4, -0.2) is 4.98 Å². The zero-order chi connectivity index (χ0) is 20.6. The second-order valence-electron chi connectivity index (χ2n) is 7.90. The first-order valence-corrected chi connectivity index (χ1v) is 10.6. The Morgan fingerprint density at radius 3 is 1.29 bits per heavy atom. The normalized spacial score (nSPS) is 11.2. The van der Waals surface area contributed by atoms with Crippen LogP contribution in [-0.2, 0) is 0 Å². The summed E-state index contributed by atoms with van der Waals surface area (Å²) in [5.41, 5.74) is 1.21. The second kappa shape index (κ2) is 7.30. The fraction of sp³-hybridized carbons (Fsp3) is 0. The molecule has 0 aliphatic carbocycles. The number of benzene rings is 6. The molecule has 31 heavy (non-hydrogen) atoms. The summed E-state index contributed by atoms with van der Waals surface area (Å²) in [5, 5.41) is 11.9. The Balaban J connectivity index is 0.000000172. The third kappa shape index (κ3) is 3.03. The van der Waals surface area contributed by atoms with Crippen molar-refractivity contribution in [1.29, 1.82) is 0 Å². The van der Waals surface area contributed by atoms with E-state index >= 15 is 0 Å². The van der Waals surface area contributed by atoms with Gasteiger partial charge in [-0.2, -0.15) is 0 Å². The fourth-order valence-electron chi connectivity index (χ4n) is 4.59. The molecule has 1 aromatic heterocycles. The molecule has 7 aromatic rings. The third-order valence-corrected chi connectivity index (χ3v) is 6.07. The minimum Gasteiger partial charge on any atom is -0.361 e. The van der Waals surface area contributed by atoms with Crippen molar-refractivity contribution >= 4 is 54.0 Å². The van der Waals surface area contributed by atoms with Crippen LogP contribution < -0.4 is 0 Å². The molecule has 0 fully saturated rings. The van der Waals surface area contributed by atoms with E-state index in [1.165, 1.54) is 54.0 Å². The summed E-state index contributed by atoms with van der Waals surface area (Å²) in [7, 11) is 0. The summed E-state index contributed by atoms with van der Waals surface area (Å²) < 4.78 is 0. The van der Waals surface area contributed by atoms with E-state index in [1.54, 1.807) is 0 Å². The number of aromatic nitrogens is 1. The summed E-state index contributed by atoms with van der Waals surface area (Å²) in [6.45, 7) is 0. The van der Waals surface area contributed by atoms with E-state index in [1.807, 2.05) is 18.3 Å². The SMILES string of the molecule is c1ccc2[nH]ccc2c1.c1ccc2cc3c4ccccc4c4ccccc4c3cc2c1. The van der Waals surface area contributed by atoms with E-state index in [0.717, 1.165) is 0 Å². The van der Waals surface area contributed by atoms with Crippen LogP contribution in [0.5, 0.6) is 0 Å². The van der Waals surface area contributed by atoms with Crippen LogP contribution in [0.3, 0.4) is 0 Å². The minimum absolute atomic E-state index is 1.21. The van der Waals surface area contributed by atoms with Gasteiger partial charge in [-0.3, -0.25) is 0 Å². The molecule has 1 heterocycles. The summed E-state index contributed by atoms with van der Waals surface area (Å²) in [6.07, 6.45) is 1.95. The highest BCUT2D eigenvalue weighted by Gasteiger charge is 2.08. The summed E-state index contributed by atoms with van der Waals surface area (Å²) in [5.74, 6) is 0. The van der Waals surface area contributed by atoms with Gasteiger partial charge < -0.3 is 4.98 Å². The Hall–Kier alpha value is -4.10. The van der Waals surface area contributed by atoms with Crippen LogP contribution in [0.1, 0.15) is 0 Å². The number of fused-ring (bicyclic) bond motifs is 8. The molecule has 0 atom stereocenters. The first kappa shape index (κ1) is 17.7. The largest absolute Gasteiger partial charge is 0.361 e. The molecule has 0 unspecified atom stereocenters. The molecule has 0 saturated heterocycles. The van der Waals surface area contributed by atoms with Gasteiger partial charge in [-0.15, -0.1) is 0 Å². The molecule has 0 bridgehead atoms. The molecular formula is C30H21N. The minimum atomic E-state index is 1.21. The van der Waals surface area contributed by atoms with Gasteiger partial charge in [0.25, 0.3) is 0 Å². The predicted molar refractivity (Wildman–Crippen MR) is 135 cm³/mol. The Kier molecular flexibility index (Phi) is 4.18. The van der Waals surface area contributed by atoms with Gasteiger partial charge in [0.15, 0.2) is 0 Å². The molecule has 0 aliphatic rings. The van der Waals surface area contributed by atoms with Gasteiger partial charge in [-0.1, -0.05) is 91.0 Å².